The van der Waals surface area contributed by atoms with Gasteiger partial charge in [0.05, 0.1) is 23.3 Å². The van der Waals surface area contributed by atoms with Crippen molar-refractivity contribution in [3.8, 4) is 45.6 Å². The van der Waals surface area contributed by atoms with E-state index in [1.807, 2.05) is 20.3 Å². The summed E-state index contributed by atoms with van der Waals surface area (Å²) in [5, 5.41) is 3.95. The fourth-order valence-corrected chi connectivity index (χ4v) is 13.9. The number of hydrogen-bond acceptors (Lipinski definition) is 7. The molecule has 78 heavy (non-hydrogen) atoms. The number of hydrogen-bond donors (Lipinski definition) is 0. The molecule has 6 aliphatic rings. The molecule has 3 aromatic heterocycles. The van der Waals surface area contributed by atoms with Gasteiger partial charge in [-0.05, 0) is 209 Å². The summed E-state index contributed by atoms with van der Waals surface area (Å²) in [5.41, 5.74) is 17.3. The van der Waals surface area contributed by atoms with E-state index in [9.17, 15) is 0 Å². The van der Waals surface area contributed by atoms with Gasteiger partial charge in [-0.1, -0.05) is 111 Å². The molecule has 0 saturated carbocycles. The second-order valence-corrected chi connectivity index (χ2v) is 31.0. The maximum Gasteiger partial charge on any atom is 0.0927 e. The van der Waals surface area contributed by atoms with Crippen LogP contribution in [0.15, 0.2) is 51.9 Å². The predicted molar refractivity (Wildman–Crippen MR) is 317 cm³/mol. The third-order valence-electron chi connectivity index (χ3n) is 19.9. The maximum atomic E-state index is 5.60. The van der Waals surface area contributed by atoms with Crippen molar-refractivity contribution >= 4 is 44.1 Å². The molecule has 402 valence electrons. The first-order valence-corrected chi connectivity index (χ1v) is 29.7. The first-order chi connectivity index (χ1) is 36.1. The first kappa shape index (κ1) is 53.4. The van der Waals surface area contributed by atoms with E-state index in [-0.39, 0.29) is 48.9 Å². The van der Waals surface area contributed by atoms with Crippen molar-refractivity contribution in [3.63, 3.8) is 0 Å². The van der Waals surface area contributed by atoms with E-state index < -0.39 is 0 Å². The molecule has 4 aromatic carbocycles. The first-order valence-electron chi connectivity index (χ1n) is 29.0. The van der Waals surface area contributed by atoms with Crippen LogP contribution in [0.2, 0.25) is 0 Å². The largest absolute Gasteiger partial charge is 0.357 e. The summed E-state index contributed by atoms with van der Waals surface area (Å²) in [4.78, 5) is 44.3. The zero-order chi connectivity index (χ0) is 56.0. The number of aromatic nitrogens is 8. The van der Waals surface area contributed by atoms with Gasteiger partial charge in [0.25, 0.3) is 0 Å². The van der Waals surface area contributed by atoms with Gasteiger partial charge in [-0.25, -0.2) is 9.97 Å². The molecular weight excluding hydrogens is 991 g/mol. The summed E-state index contributed by atoms with van der Waals surface area (Å²) in [5.74, 6) is 2.49. The quantitative estimate of drug-likeness (QED) is 0.138. The van der Waals surface area contributed by atoms with Crippen LogP contribution < -0.4 is 9.97 Å². The fourth-order valence-electron chi connectivity index (χ4n) is 13.9. The normalized spacial score (nSPS) is 21.0. The Bertz CT molecular complexity index is 3460. The number of rotatable bonds is 0. The third-order valence-corrected chi connectivity index (χ3v) is 21.0. The molecule has 0 radical (unpaired) electrons. The zero-order valence-corrected chi connectivity index (χ0v) is 51.9. The van der Waals surface area contributed by atoms with Crippen LogP contribution in [0.25, 0.3) is 89.7 Å². The summed E-state index contributed by atoms with van der Waals surface area (Å²) in [6.45, 7) is 44.4. The molecule has 0 N–H and O–H groups in total. The molecule has 13 rings (SSSR count). The number of benzene rings is 4. The van der Waals surface area contributed by atoms with E-state index in [0.717, 1.165) is 95.2 Å². The van der Waals surface area contributed by atoms with Gasteiger partial charge in [-0.2, -0.15) is 0 Å². The van der Waals surface area contributed by atoms with Crippen LogP contribution in [0.3, 0.4) is 0 Å². The third kappa shape index (κ3) is 8.46. The van der Waals surface area contributed by atoms with E-state index in [1.165, 1.54) is 44.5 Å². The van der Waals surface area contributed by atoms with Crippen molar-refractivity contribution in [2.45, 2.75) is 232 Å². The van der Waals surface area contributed by atoms with Crippen LogP contribution >= 0.6 is 0 Å². The summed E-state index contributed by atoms with van der Waals surface area (Å²) in [6.07, 6.45) is 8.82. The molecular formula is C68H81N9Ti. The Hall–Kier alpha value is -5.25. The van der Waals surface area contributed by atoms with Gasteiger partial charge in [0.1, 0.15) is 0 Å². The molecule has 7 aromatic rings. The topological polar surface area (TPSA) is 118 Å². The monoisotopic (exact) mass is 1070 g/mol. The molecule has 4 aliphatic carbocycles. The molecule has 9 nitrogen and oxygen atoms in total. The molecule has 5 heterocycles. The molecule has 0 fully saturated rings. The van der Waals surface area contributed by atoms with Crippen LogP contribution in [0, 0.1) is 0 Å². The predicted octanol–water partition coefficient (Wildman–Crippen LogP) is 17.0. The Kier molecular flexibility index (Phi) is 11.6. The maximum absolute atomic E-state index is 5.60. The average Bonchev–Trinajstić information content (AvgIpc) is 4.26. The smallest absolute Gasteiger partial charge is 0.0927 e. The van der Waals surface area contributed by atoms with Crippen LogP contribution in [0.1, 0.15) is 227 Å². The molecule has 2 aliphatic heterocycles. The number of nitrogens with zero attached hydrogens (tertiary/aromatic N) is 9. The zero-order valence-electron chi connectivity index (χ0n) is 50.3. The second kappa shape index (κ2) is 16.9. The van der Waals surface area contributed by atoms with Gasteiger partial charge in [0.15, 0.2) is 0 Å². The molecule has 0 unspecified atom stereocenters. The Morgan fingerprint density at radius 1 is 0.321 bits per heavy atom. The minimum Gasteiger partial charge on any atom is -0.357 e. The van der Waals surface area contributed by atoms with Gasteiger partial charge < -0.3 is 29.9 Å². The van der Waals surface area contributed by atoms with Crippen molar-refractivity contribution < 1.29 is 20.3 Å². The van der Waals surface area contributed by atoms with E-state index in [2.05, 4.69) is 183 Å². The average molecular weight is 1070 g/mol. The van der Waals surface area contributed by atoms with Gasteiger partial charge in [-0.3, -0.25) is 0 Å². The minimum absolute atomic E-state index is 0.0212. The van der Waals surface area contributed by atoms with Crippen LogP contribution in [-0.2, 0) is 63.6 Å². The van der Waals surface area contributed by atoms with Crippen LogP contribution in [0.4, 0.5) is 0 Å². The van der Waals surface area contributed by atoms with E-state index >= 15 is 0 Å². The van der Waals surface area contributed by atoms with Crippen molar-refractivity contribution in [1.82, 2.24) is 39.9 Å². The fraction of sp³-hybridized carbons (Fsp3) is 0.529. The molecule has 0 spiro atoms. The molecule has 8 bridgehead atoms. The summed E-state index contributed by atoms with van der Waals surface area (Å²) < 4.78 is 4.02. The molecule has 0 amide bonds. The van der Waals surface area contributed by atoms with E-state index in [4.69, 9.17) is 39.9 Å². The van der Waals surface area contributed by atoms with Gasteiger partial charge in [0.2, 0.25) is 0 Å². The minimum atomic E-state index is -0.0212. The van der Waals surface area contributed by atoms with Crippen LogP contribution in [0.5, 0.6) is 0 Å². The van der Waals surface area contributed by atoms with Crippen molar-refractivity contribution in [3.05, 3.63) is 93.0 Å². The number of fused-ring (bicyclic) bond motifs is 24. The van der Waals surface area contributed by atoms with Crippen molar-refractivity contribution in [1.29, 1.82) is 0 Å². The van der Waals surface area contributed by atoms with Crippen LogP contribution in [-0.4, -0.2) is 35.4 Å². The Labute approximate surface area is 475 Å². The SMILES string of the molecule is CC(C)(C)[N]=[Ti+2].CC1(C)CCC(C)(C)c2cc3c(cc21)-c1nc-3nc2[n-]c(nc3nc(nc4[n-]c(n1)c1cc5c(cc41)C(C)(C)CCC5(C)C)-c1cc4c(cc1-3)C(C)(C)CCC4(C)C)c1cc3c(cc21)C(C)(C)CCC3(C)C. The van der Waals surface area contributed by atoms with Gasteiger partial charge >= 0.3 is 50.0 Å². The van der Waals surface area contributed by atoms with Crippen molar-refractivity contribution in [2.24, 2.45) is 3.42 Å². The molecule has 10 heteroatoms. The summed E-state index contributed by atoms with van der Waals surface area (Å²) >= 11 is 1.83. The summed E-state index contributed by atoms with van der Waals surface area (Å²) in [6, 6.07) is 19.1. The van der Waals surface area contributed by atoms with Gasteiger partial charge in [-0.15, -0.1) is 0 Å². The van der Waals surface area contributed by atoms with Gasteiger partial charge in [0, 0.05) is 44.8 Å². The van der Waals surface area contributed by atoms with E-state index in [0.29, 0.717) is 45.9 Å². The Morgan fingerprint density at radius 3 is 0.654 bits per heavy atom. The van der Waals surface area contributed by atoms with E-state index in [1.54, 1.807) is 0 Å². The summed E-state index contributed by atoms with van der Waals surface area (Å²) in [7, 11) is 0. The van der Waals surface area contributed by atoms with Crippen molar-refractivity contribution in [2.75, 3.05) is 0 Å². The second-order valence-electron chi connectivity index (χ2n) is 30.6. The molecule has 0 atom stereocenters. The Balaban J connectivity index is 0.000000963. The standard InChI is InChI=1S/C64H72N8.C4H9N.Ti/c1-57(2)17-18-58(3,4)42-26-34-33(25-41(42)57)49-65-50(34)70-52-37-29-45-46(62(11,12)22-21-61(45,9)10)30-38(37)54(67-52)72-56-40-32-48-47(63(13,14)23-24-64(48,15)16)31-39(40)55(68-56)71-53-36-28-44-43(27-35(36)51(66-53)69-49)59(5,6)19-20-60(44,7)8;1-4(2,3)5;/h25-32H,17-24H2,1-16H3;1-3H3;/q-2;;+2. The Morgan fingerprint density at radius 2 is 0.487 bits per heavy atom. The molecule has 0 saturated heterocycles.